The number of carbonyl (C=O) groups excluding carboxylic acids is 1. The molecule has 0 aliphatic heterocycles. The van der Waals surface area contributed by atoms with Crippen LogP contribution in [0, 0.1) is 0 Å². The number of aromatic nitrogens is 2. The number of aryl methyl sites for hydroxylation is 2. The van der Waals surface area contributed by atoms with Crippen LogP contribution < -0.4 is 16.6 Å². The van der Waals surface area contributed by atoms with Crippen LogP contribution in [0.25, 0.3) is 10.2 Å². The van der Waals surface area contributed by atoms with Crippen molar-refractivity contribution in [2.45, 2.75) is 31.4 Å². The molecule has 0 spiro atoms. The fourth-order valence-corrected chi connectivity index (χ4v) is 4.78. The Morgan fingerprint density at radius 1 is 1.39 bits per heavy atom. The minimum Gasteiger partial charge on any atom is -0.354 e. The Balaban J connectivity index is 1.70. The minimum atomic E-state index is -0.0459. The van der Waals surface area contributed by atoms with Crippen LogP contribution in [0.5, 0.6) is 0 Å². The lowest BCUT2D eigenvalue weighted by Crippen LogP contribution is -2.30. The number of hydrogen-bond acceptors (Lipinski definition) is 6. The standard InChI is InChI=1S/C15H20N4O2S2/c16-5-6-17-12(20)8-22-7-11-18-14(21)13-9-3-1-2-4-10(9)23-15(13)19-11/h1-8,16H2,(H,17,20)(H,18,19,21). The molecule has 0 radical (unpaired) electrons. The lowest BCUT2D eigenvalue weighted by atomic mass is 9.97. The van der Waals surface area contributed by atoms with E-state index < -0.39 is 0 Å². The first kappa shape index (κ1) is 16.5. The van der Waals surface area contributed by atoms with Crippen molar-refractivity contribution < 1.29 is 4.79 Å². The Labute approximate surface area is 142 Å². The van der Waals surface area contributed by atoms with E-state index in [4.69, 9.17) is 5.73 Å². The van der Waals surface area contributed by atoms with Crippen molar-refractivity contribution in [2.75, 3.05) is 18.8 Å². The minimum absolute atomic E-state index is 0.0439. The third kappa shape index (κ3) is 3.76. The summed E-state index contributed by atoms with van der Waals surface area (Å²) < 4.78 is 0. The third-order valence-corrected chi connectivity index (χ3v) is 5.94. The number of amides is 1. The van der Waals surface area contributed by atoms with Gasteiger partial charge in [-0.2, -0.15) is 0 Å². The van der Waals surface area contributed by atoms with Crippen LogP contribution in [-0.4, -0.2) is 34.7 Å². The van der Waals surface area contributed by atoms with E-state index in [1.807, 2.05) is 0 Å². The van der Waals surface area contributed by atoms with E-state index in [0.29, 0.717) is 30.4 Å². The van der Waals surface area contributed by atoms with Gasteiger partial charge in [0.25, 0.3) is 5.56 Å². The van der Waals surface area contributed by atoms with Gasteiger partial charge in [-0.25, -0.2) is 4.98 Å². The zero-order valence-corrected chi connectivity index (χ0v) is 14.4. The molecule has 0 saturated carbocycles. The molecule has 3 rings (SSSR count). The molecule has 8 heteroatoms. The maximum Gasteiger partial charge on any atom is 0.259 e. The average molecular weight is 352 g/mol. The Hall–Kier alpha value is -1.38. The third-order valence-electron chi connectivity index (χ3n) is 3.81. The van der Waals surface area contributed by atoms with Gasteiger partial charge in [0.1, 0.15) is 10.7 Å². The SMILES string of the molecule is NCCNC(=O)CSCc1nc2sc3c(c2c(=O)[nH]1)CCCC3. The smallest absolute Gasteiger partial charge is 0.259 e. The largest absolute Gasteiger partial charge is 0.354 e. The summed E-state index contributed by atoms with van der Waals surface area (Å²) in [5.74, 6) is 1.44. The van der Waals surface area contributed by atoms with Crippen LogP contribution in [0.15, 0.2) is 4.79 Å². The summed E-state index contributed by atoms with van der Waals surface area (Å²) >= 11 is 3.08. The molecule has 23 heavy (non-hydrogen) atoms. The van der Waals surface area contributed by atoms with Crippen molar-refractivity contribution in [3.8, 4) is 0 Å². The molecule has 4 N–H and O–H groups in total. The van der Waals surface area contributed by atoms with Gasteiger partial charge in [0.15, 0.2) is 0 Å². The monoisotopic (exact) mass is 352 g/mol. The number of hydrogen-bond donors (Lipinski definition) is 3. The zero-order chi connectivity index (χ0) is 16.2. The molecule has 1 aliphatic carbocycles. The van der Waals surface area contributed by atoms with Crippen LogP contribution >= 0.6 is 23.1 Å². The van der Waals surface area contributed by atoms with E-state index in [1.54, 1.807) is 11.3 Å². The predicted octanol–water partition coefficient (Wildman–Crippen LogP) is 1.17. The first-order valence-electron chi connectivity index (χ1n) is 7.77. The number of aromatic amines is 1. The summed E-state index contributed by atoms with van der Waals surface area (Å²) in [5.41, 5.74) is 6.49. The fraction of sp³-hybridized carbons (Fsp3) is 0.533. The predicted molar refractivity (Wildman–Crippen MR) is 95.1 cm³/mol. The van der Waals surface area contributed by atoms with Gasteiger partial charge in [-0.1, -0.05) is 0 Å². The molecule has 0 fully saturated rings. The van der Waals surface area contributed by atoms with Crippen molar-refractivity contribution in [1.29, 1.82) is 0 Å². The molecule has 2 aromatic rings. The van der Waals surface area contributed by atoms with E-state index in [9.17, 15) is 9.59 Å². The molecule has 6 nitrogen and oxygen atoms in total. The van der Waals surface area contributed by atoms with E-state index in [-0.39, 0.29) is 11.5 Å². The Kier molecular flexibility index (Phi) is 5.34. The number of thiophene rings is 1. The van der Waals surface area contributed by atoms with Crippen molar-refractivity contribution >= 4 is 39.2 Å². The summed E-state index contributed by atoms with van der Waals surface area (Å²) in [5, 5.41) is 3.49. The van der Waals surface area contributed by atoms with Crippen LogP contribution in [0.3, 0.4) is 0 Å². The number of H-pyrrole nitrogens is 1. The van der Waals surface area contributed by atoms with Gasteiger partial charge in [0, 0.05) is 18.0 Å². The first-order valence-corrected chi connectivity index (χ1v) is 9.74. The number of fused-ring (bicyclic) bond motifs is 3. The zero-order valence-electron chi connectivity index (χ0n) is 12.8. The number of nitrogens with one attached hydrogen (secondary N) is 2. The van der Waals surface area contributed by atoms with Gasteiger partial charge in [0.2, 0.25) is 5.91 Å². The highest BCUT2D eigenvalue weighted by molar-refractivity contribution is 7.99. The highest BCUT2D eigenvalue weighted by Gasteiger charge is 2.19. The second-order valence-corrected chi connectivity index (χ2v) is 7.60. The van der Waals surface area contributed by atoms with Crippen LogP contribution in [0.1, 0.15) is 29.1 Å². The molecular weight excluding hydrogens is 332 g/mol. The summed E-state index contributed by atoms with van der Waals surface area (Å²) in [6.45, 7) is 0.923. The van der Waals surface area contributed by atoms with Crippen molar-refractivity contribution in [2.24, 2.45) is 5.73 Å². The lowest BCUT2D eigenvalue weighted by molar-refractivity contribution is -0.118. The van der Waals surface area contributed by atoms with Gasteiger partial charge >= 0.3 is 0 Å². The summed E-state index contributed by atoms with van der Waals surface area (Å²) in [4.78, 5) is 33.5. The lowest BCUT2D eigenvalue weighted by Gasteiger charge is -2.09. The van der Waals surface area contributed by atoms with Gasteiger partial charge in [-0.3, -0.25) is 9.59 Å². The fourth-order valence-electron chi connectivity index (χ4n) is 2.78. The molecule has 1 amide bonds. The molecule has 2 heterocycles. The van der Waals surface area contributed by atoms with E-state index >= 15 is 0 Å². The van der Waals surface area contributed by atoms with Crippen molar-refractivity contribution in [3.63, 3.8) is 0 Å². The quantitative estimate of drug-likeness (QED) is 0.724. The van der Waals surface area contributed by atoms with E-state index in [2.05, 4.69) is 15.3 Å². The molecule has 0 bridgehead atoms. The number of nitrogens with zero attached hydrogens (tertiary/aromatic N) is 1. The molecule has 0 atom stereocenters. The van der Waals surface area contributed by atoms with Gasteiger partial charge < -0.3 is 16.0 Å². The van der Waals surface area contributed by atoms with Crippen LogP contribution in [0.4, 0.5) is 0 Å². The van der Waals surface area contributed by atoms with Crippen LogP contribution in [-0.2, 0) is 23.4 Å². The maximum atomic E-state index is 12.4. The number of rotatable bonds is 6. The summed E-state index contributed by atoms with van der Waals surface area (Å²) in [6, 6.07) is 0. The molecule has 0 saturated heterocycles. The first-order chi connectivity index (χ1) is 11.2. The average Bonchev–Trinajstić information content (AvgIpc) is 2.91. The topological polar surface area (TPSA) is 101 Å². The highest BCUT2D eigenvalue weighted by Crippen LogP contribution is 2.33. The second-order valence-electron chi connectivity index (χ2n) is 5.54. The molecule has 124 valence electrons. The Morgan fingerprint density at radius 3 is 3.04 bits per heavy atom. The normalized spacial score (nSPS) is 14.0. The van der Waals surface area contributed by atoms with Gasteiger partial charge in [0.05, 0.1) is 16.9 Å². The summed E-state index contributed by atoms with van der Waals surface area (Å²) in [6.07, 6.45) is 4.38. The van der Waals surface area contributed by atoms with E-state index in [0.717, 1.165) is 29.5 Å². The molecule has 0 aromatic carbocycles. The van der Waals surface area contributed by atoms with E-state index in [1.165, 1.54) is 28.6 Å². The number of carbonyl (C=O) groups is 1. The van der Waals surface area contributed by atoms with Crippen LogP contribution in [0.2, 0.25) is 0 Å². The molecule has 1 aliphatic rings. The van der Waals surface area contributed by atoms with Crippen molar-refractivity contribution in [3.05, 3.63) is 26.6 Å². The highest BCUT2D eigenvalue weighted by atomic mass is 32.2. The molecule has 2 aromatic heterocycles. The molecular formula is C15H20N4O2S2. The number of nitrogens with two attached hydrogens (primary N) is 1. The number of thioether (sulfide) groups is 1. The van der Waals surface area contributed by atoms with Crippen molar-refractivity contribution in [1.82, 2.24) is 15.3 Å². The van der Waals surface area contributed by atoms with Gasteiger partial charge in [-0.15, -0.1) is 23.1 Å². The van der Waals surface area contributed by atoms with Gasteiger partial charge in [-0.05, 0) is 31.2 Å². The summed E-state index contributed by atoms with van der Waals surface area (Å²) in [7, 11) is 0. The second kappa shape index (κ2) is 7.46. The Bertz CT molecular complexity index is 769. The molecule has 0 unspecified atom stereocenters. The maximum absolute atomic E-state index is 12.4. The Morgan fingerprint density at radius 2 is 2.22 bits per heavy atom.